The molecule has 1 aromatic heterocycles. The fraction of sp³-hybridized carbons (Fsp3) is 0.607. The van der Waals surface area contributed by atoms with E-state index >= 15 is 0 Å². The number of carboxylic acid groups (broad SMARTS) is 4. The monoisotopic (exact) mass is 1330 g/mol. The molecule has 7 atom stereocenters. The number of benzene rings is 1. The van der Waals surface area contributed by atoms with E-state index in [0.29, 0.717) is 30.9 Å². The number of hydrogen-bond donors (Lipinski definition) is 10. The van der Waals surface area contributed by atoms with Crippen LogP contribution in [0.1, 0.15) is 56.7 Å². The number of imidazole rings is 1. The second kappa shape index (κ2) is 45.9. The number of ether oxygens (including phenoxy) is 2. The molecule has 498 valence electrons. The van der Waals surface area contributed by atoms with Gasteiger partial charge in [0.25, 0.3) is 0 Å². The summed E-state index contributed by atoms with van der Waals surface area (Å²) in [7, 11) is 0. The first-order chi connectivity index (χ1) is 41.6. The van der Waals surface area contributed by atoms with Gasteiger partial charge in [-0.3, -0.25) is 62.8 Å². The minimum Gasteiger partial charge on any atom is -0.870 e. The summed E-state index contributed by atoms with van der Waals surface area (Å²) in [5, 5.41) is 70.1. The Hall–Kier alpha value is -7.22. The van der Waals surface area contributed by atoms with Crippen LogP contribution in [0, 0.1) is 17.8 Å². The number of rotatable bonds is 42. The number of aliphatic hydroxyl groups is 2. The minimum atomic E-state index is -1.68. The van der Waals surface area contributed by atoms with Gasteiger partial charge in [-0.25, -0.2) is 9.78 Å². The van der Waals surface area contributed by atoms with Crippen molar-refractivity contribution in [2.75, 3.05) is 118 Å². The van der Waals surface area contributed by atoms with Gasteiger partial charge in [-0.2, -0.15) is 0 Å². The van der Waals surface area contributed by atoms with Crippen molar-refractivity contribution in [2.24, 2.45) is 17.8 Å². The molecule has 0 aliphatic carbocycles. The van der Waals surface area contributed by atoms with Crippen molar-refractivity contribution in [1.82, 2.24) is 50.8 Å². The zero-order valence-corrected chi connectivity index (χ0v) is 52.5. The van der Waals surface area contributed by atoms with E-state index in [1.54, 1.807) is 40.1 Å². The number of aldehydes is 2. The summed E-state index contributed by atoms with van der Waals surface area (Å²) in [5.74, 6) is -14.9. The Morgan fingerprint density at radius 2 is 1.21 bits per heavy atom. The normalized spacial score (nSPS) is 15.8. The van der Waals surface area contributed by atoms with Gasteiger partial charge in [0, 0.05) is 115 Å². The number of nitrogens with zero attached hydrogens (tertiary/aromatic N) is 5. The Kier molecular flexibility index (Phi) is 42.2. The van der Waals surface area contributed by atoms with Crippen LogP contribution in [0.15, 0.2) is 42.9 Å². The Balaban J connectivity index is 0.0000264. The number of hydrogen-bond acceptors (Lipinski definition) is 25. The number of Topliss-reactive ketones (excluding diaryl/α,β-unsaturated/α-hetero) is 3. The van der Waals surface area contributed by atoms with E-state index in [1.807, 2.05) is 9.80 Å². The van der Waals surface area contributed by atoms with Crippen LogP contribution in [0.3, 0.4) is 0 Å². The van der Waals surface area contributed by atoms with Crippen LogP contribution in [0.5, 0.6) is 0 Å². The van der Waals surface area contributed by atoms with Gasteiger partial charge in [-0.05, 0) is 25.3 Å². The van der Waals surface area contributed by atoms with Crippen LogP contribution >= 0.6 is 0 Å². The molecule has 0 spiro atoms. The van der Waals surface area contributed by atoms with Gasteiger partial charge in [0.05, 0.1) is 82.7 Å². The first kappa shape index (κ1) is 82.8. The van der Waals surface area contributed by atoms with E-state index in [9.17, 15) is 93.0 Å². The molecule has 1 aliphatic heterocycles. The maximum absolute atomic E-state index is 13.8. The summed E-state index contributed by atoms with van der Waals surface area (Å²) < 4.78 is 10.8. The van der Waals surface area contributed by atoms with E-state index in [-0.39, 0.29) is 129 Å². The Morgan fingerprint density at radius 1 is 0.667 bits per heavy atom. The molecule has 3 rings (SSSR count). The fourth-order valence-electron chi connectivity index (χ4n) is 9.35. The number of ketones is 3. The second-order valence-electron chi connectivity index (χ2n) is 20.8. The maximum Gasteiger partial charge on any atom is 3.00 e. The summed E-state index contributed by atoms with van der Waals surface area (Å²) in [6.45, 7) is 0.461. The second-order valence-corrected chi connectivity index (χ2v) is 20.8. The number of carboxylic acids is 4. The molecule has 2 heterocycles. The standard InChI is InChI=1S/C56H82N10O21.Ga.2H2O/c1-37(47(72)28-40(26-42-31-57-36-59-42)54(81)61-44(33-69)48(73)29-39(25-38-5-3-2-4-6-38)53(80)62-45(34-70)55(82)83)60-52(79)41(30-50(75)76)27-43(71)35-87-24-23-86-22-9-58-49(74)8-7-46(56(84)85)66-16-14-64(19-21-68)11-10-63(18-20-67)12-13-65(15-17-66)32-51(77)78;;;/h2-6,20-21,31,36-37,39-41,44-46,69-70H,7-19,22-30,32-35H2,1H3,(H,57,59)(H,58,74)(H,60,79)(H,61,81)(H,62,80)(H,75,76)(H,77,78)(H,82,83)(H,84,85);;2*1H2/q;+3;;/p-3/t37-,39+,40+,41-,44-,45-,46?;;;/m0.../s1. The average Bonchev–Trinajstić information content (AvgIpc) is 3.84. The van der Waals surface area contributed by atoms with Crippen molar-refractivity contribution in [3.63, 3.8) is 0 Å². The average molecular weight is 1330 g/mol. The number of H-pyrrole nitrogens is 1. The summed E-state index contributed by atoms with van der Waals surface area (Å²) >= 11 is 0. The van der Waals surface area contributed by atoms with Crippen LogP contribution in [0.4, 0.5) is 0 Å². The van der Waals surface area contributed by atoms with Crippen molar-refractivity contribution in [1.29, 1.82) is 0 Å². The van der Waals surface area contributed by atoms with Crippen molar-refractivity contribution < 1.29 is 113 Å². The quantitative estimate of drug-likeness (QED) is 0.0168. The number of carbonyl (C=O) groups is 13. The van der Waals surface area contributed by atoms with Crippen molar-refractivity contribution in [3.05, 3.63) is 54.1 Å². The predicted octanol–water partition coefficient (Wildman–Crippen LogP) is -6.04. The van der Waals surface area contributed by atoms with E-state index < -0.39 is 159 Å². The van der Waals surface area contributed by atoms with E-state index in [2.05, 4.69) is 31.2 Å². The molecule has 0 bridgehead atoms. The number of aromatic amines is 1. The fourth-order valence-corrected chi connectivity index (χ4v) is 9.35. The largest absolute Gasteiger partial charge is 3.00 e. The number of carbonyl (C=O) groups excluding carboxylic acids is 10. The van der Waals surface area contributed by atoms with Crippen LogP contribution < -0.4 is 26.4 Å². The van der Waals surface area contributed by atoms with Crippen molar-refractivity contribution in [2.45, 2.75) is 82.5 Å². The molecule has 12 N–H and O–H groups in total. The molecule has 4 amide bonds. The number of aromatic nitrogens is 2. The molecule has 1 fully saturated rings. The smallest absolute Gasteiger partial charge is 0.870 e. The van der Waals surface area contributed by atoms with Crippen molar-refractivity contribution in [3.8, 4) is 0 Å². The molecular weight excluding hydrogens is 1250 g/mol. The van der Waals surface area contributed by atoms with Crippen LogP contribution in [0.25, 0.3) is 0 Å². The molecule has 1 aliphatic rings. The number of nitrogens with one attached hydrogen (secondary N) is 5. The third-order valence-electron chi connectivity index (χ3n) is 14.2. The van der Waals surface area contributed by atoms with E-state index in [0.717, 1.165) is 12.6 Å². The summed E-state index contributed by atoms with van der Waals surface area (Å²) in [6.07, 6.45) is 1.04. The zero-order chi connectivity index (χ0) is 64.3. The molecule has 90 heavy (non-hydrogen) atoms. The number of aliphatic carboxylic acids is 4. The van der Waals surface area contributed by atoms with Gasteiger partial charge < -0.3 is 91.7 Å². The van der Waals surface area contributed by atoms with E-state index in [1.165, 1.54) is 19.4 Å². The number of aliphatic hydroxyl groups excluding tert-OH is 2. The predicted molar refractivity (Wildman–Crippen MR) is 310 cm³/mol. The van der Waals surface area contributed by atoms with Gasteiger partial charge >= 0.3 is 37.7 Å². The SMILES string of the molecule is C[C@H](NC(=O)[C@H](CC(=O)O)CC(=O)COCCOCCNC(=O)CCC(C(=O)O)N1CCN(CC=O)CCN(CC=O)CCN(CC(=O)[O-])CC1)C(=O)C[C@@H](Cc1cnc[nH]1)C(=O)N[C@@H](CO)C(=O)C[C@@H](Cc1ccccc1)C(=O)N[C@@H](CO)C(=O)O.[Ga+3].[OH-].[OH-]. The maximum atomic E-state index is 13.8. The van der Waals surface area contributed by atoms with Gasteiger partial charge in [0.15, 0.2) is 17.3 Å². The zero-order valence-electron chi connectivity index (χ0n) is 50.1. The molecule has 1 aromatic carbocycles. The first-order valence-corrected chi connectivity index (χ1v) is 28.4. The first-order valence-electron chi connectivity index (χ1n) is 28.4. The van der Waals surface area contributed by atoms with Gasteiger partial charge in [0.1, 0.15) is 37.3 Å². The minimum absolute atomic E-state index is 0. The van der Waals surface area contributed by atoms with Crippen LogP contribution in [-0.4, -0.2) is 306 Å². The van der Waals surface area contributed by atoms with Gasteiger partial charge in [-0.1, -0.05) is 30.3 Å². The molecule has 2 aromatic rings. The molecule has 34 heteroatoms. The topological polar surface area (TPSA) is 514 Å². The molecule has 1 saturated heterocycles. The van der Waals surface area contributed by atoms with Gasteiger partial charge in [0.2, 0.25) is 23.6 Å². The van der Waals surface area contributed by atoms with Crippen LogP contribution in [0.2, 0.25) is 0 Å². The molecule has 1 unspecified atom stereocenters. The summed E-state index contributed by atoms with van der Waals surface area (Å²) in [5.41, 5.74) is 0.977. The third kappa shape index (κ3) is 32.5. The number of amides is 4. The summed E-state index contributed by atoms with van der Waals surface area (Å²) in [6, 6.07) is 2.62. The molecule has 0 radical (unpaired) electrons. The van der Waals surface area contributed by atoms with Crippen LogP contribution in [-0.2, 0) is 84.6 Å². The third-order valence-corrected chi connectivity index (χ3v) is 14.2. The molecule has 33 nitrogen and oxygen atoms in total. The Bertz CT molecular complexity index is 2570. The van der Waals surface area contributed by atoms with Crippen molar-refractivity contribution >= 4 is 97.2 Å². The van der Waals surface area contributed by atoms with Gasteiger partial charge in [-0.15, -0.1) is 0 Å². The molecule has 0 saturated carbocycles. The summed E-state index contributed by atoms with van der Waals surface area (Å²) in [4.78, 5) is 177. The molecular formula is C56H83GaN10O23. The Morgan fingerprint density at radius 3 is 1.76 bits per heavy atom. The Labute approximate surface area is 532 Å². The van der Waals surface area contributed by atoms with E-state index in [4.69, 9.17) is 9.47 Å².